The number of nitrogens with one attached hydrogen (secondary N) is 1. The average Bonchev–Trinajstić information content (AvgIpc) is 2.63. The molecule has 0 spiro atoms. The van der Waals surface area contributed by atoms with Crippen LogP contribution in [0.5, 0.6) is 5.75 Å². The summed E-state index contributed by atoms with van der Waals surface area (Å²) in [7, 11) is 0. The van der Waals surface area contributed by atoms with Crippen LogP contribution >= 0.6 is 0 Å². The maximum atomic E-state index is 6.13. The van der Waals surface area contributed by atoms with Crippen molar-refractivity contribution in [2.75, 3.05) is 5.32 Å². The number of aryl methyl sites for hydroxylation is 1. The minimum atomic E-state index is 0.226. The van der Waals surface area contributed by atoms with Gasteiger partial charge in [-0.15, -0.1) is 0 Å². The quantitative estimate of drug-likeness (QED) is 0.734. The van der Waals surface area contributed by atoms with Crippen molar-refractivity contribution in [2.24, 2.45) is 0 Å². The van der Waals surface area contributed by atoms with Gasteiger partial charge in [0.05, 0.1) is 6.04 Å². The van der Waals surface area contributed by atoms with Crippen LogP contribution in [0.25, 0.3) is 0 Å². The van der Waals surface area contributed by atoms with Crippen LogP contribution in [0.15, 0.2) is 60.7 Å². The molecular formula is C22H25NO. The number of hydrogen-bond acceptors (Lipinski definition) is 2. The summed E-state index contributed by atoms with van der Waals surface area (Å²) >= 11 is 0. The predicted octanol–water partition coefficient (Wildman–Crippen LogP) is 5.66. The molecule has 2 nitrogen and oxygen atoms in total. The Morgan fingerprint density at radius 2 is 1.92 bits per heavy atom. The van der Waals surface area contributed by atoms with Gasteiger partial charge in [-0.2, -0.15) is 0 Å². The Balaban J connectivity index is 1.48. The Morgan fingerprint density at radius 3 is 2.83 bits per heavy atom. The van der Waals surface area contributed by atoms with Crippen molar-refractivity contribution < 1.29 is 4.74 Å². The number of hydrogen-bond donors (Lipinski definition) is 1. The maximum absolute atomic E-state index is 6.13. The predicted molar refractivity (Wildman–Crippen MR) is 99.6 cm³/mol. The zero-order valence-electron chi connectivity index (χ0n) is 14.1. The second kappa shape index (κ2) is 7.12. The van der Waals surface area contributed by atoms with Gasteiger partial charge in [0.15, 0.2) is 0 Å². The highest BCUT2D eigenvalue weighted by Crippen LogP contribution is 2.33. The molecule has 2 aromatic carbocycles. The second-order valence-electron chi connectivity index (χ2n) is 6.83. The van der Waals surface area contributed by atoms with Gasteiger partial charge in [0.2, 0.25) is 0 Å². The Morgan fingerprint density at radius 1 is 0.958 bits per heavy atom. The van der Waals surface area contributed by atoms with Crippen molar-refractivity contribution in [1.82, 2.24) is 0 Å². The third-order valence-corrected chi connectivity index (χ3v) is 5.04. The third-order valence-electron chi connectivity index (χ3n) is 5.04. The average molecular weight is 319 g/mol. The fourth-order valence-corrected chi connectivity index (χ4v) is 3.82. The van der Waals surface area contributed by atoms with E-state index >= 15 is 0 Å². The van der Waals surface area contributed by atoms with E-state index in [2.05, 4.69) is 66.0 Å². The fraction of sp³-hybridized carbons (Fsp3) is 0.364. The van der Waals surface area contributed by atoms with Gasteiger partial charge in [0, 0.05) is 11.8 Å². The van der Waals surface area contributed by atoms with Gasteiger partial charge in [0.1, 0.15) is 11.9 Å². The molecule has 4 rings (SSSR count). The van der Waals surface area contributed by atoms with Gasteiger partial charge in [0.25, 0.3) is 0 Å². The van der Waals surface area contributed by atoms with Gasteiger partial charge in [-0.05, 0) is 67.9 Å². The minimum Gasteiger partial charge on any atom is -0.486 e. The molecule has 1 unspecified atom stereocenters. The van der Waals surface area contributed by atoms with E-state index in [1.807, 2.05) is 0 Å². The molecule has 2 atom stereocenters. The molecule has 0 aromatic heterocycles. The lowest BCUT2D eigenvalue weighted by Crippen LogP contribution is -2.18. The zero-order chi connectivity index (χ0) is 16.2. The Bertz CT molecular complexity index is 721. The van der Waals surface area contributed by atoms with Crippen LogP contribution in [0.3, 0.4) is 0 Å². The topological polar surface area (TPSA) is 21.3 Å². The number of ether oxygens (including phenoxy) is 1. The zero-order valence-corrected chi connectivity index (χ0v) is 14.1. The lowest BCUT2D eigenvalue weighted by molar-refractivity contribution is 0.230. The molecule has 1 N–H and O–H groups in total. The van der Waals surface area contributed by atoms with Gasteiger partial charge in [-0.1, -0.05) is 36.4 Å². The molecule has 2 aliphatic carbocycles. The standard InChI is InChI=1S/C22H25NO/c1-2-11-19(12-3-1)24-20-13-7-10-18(16-20)23-22-15-6-9-17-8-4-5-14-21(17)22/h2,4-5,7-8,10-11,13-14,16,19,22-23H,1,3,6,9,12,15H2/t19?,22-/m0/s1. The Kier molecular flexibility index (Phi) is 4.55. The summed E-state index contributed by atoms with van der Waals surface area (Å²) in [6.07, 6.45) is 11.8. The molecule has 0 aliphatic heterocycles. The molecule has 124 valence electrons. The fourth-order valence-electron chi connectivity index (χ4n) is 3.82. The normalized spacial score (nSPS) is 22.7. The largest absolute Gasteiger partial charge is 0.486 e. The van der Waals surface area contributed by atoms with Crippen LogP contribution in [0.1, 0.15) is 49.3 Å². The van der Waals surface area contributed by atoms with E-state index in [0.717, 1.165) is 17.9 Å². The number of anilines is 1. The first-order valence-electron chi connectivity index (χ1n) is 9.16. The van der Waals surface area contributed by atoms with Crippen LogP contribution in [-0.4, -0.2) is 6.10 Å². The number of fused-ring (bicyclic) bond motifs is 1. The smallest absolute Gasteiger partial charge is 0.122 e. The van der Waals surface area contributed by atoms with E-state index in [1.54, 1.807) is 0 Å². The molecular weight excluding hydrogens is 294 g/mol. The van der Waals surface area contributed by atoms with E-state index < -0.39 is 0 Å². The molecule has 0 radical (unpaired) electrons. The van der Waals surface area contributed by atoms with Crippen molar-refractivity contribution in [3.8, 4) is 5.75 Å². The molecule has 0 fully saturated rings. The lowest BCUT2D eigenvalue weighted by Gasteiger charge is -2.27. The Labute approximate surface area is 144 Å². The molecule has 0 saturated carbocycles. The van der Waals surface area contributed by atoms with Crippen molar-refractivity contribution in [1.29, 1.82) is 0 Å². The number of rotatable bonds is 4. The molecule has 0 heterocycles. The molecule has 2 aromatic rings. The Hall–Kier alpha value is -2.22. The van der Waals surface area contributed by atoms with Crippen LogP contribution in [0.4, 0.5) is 5.69 Å². The van der Waals surface area contributed by atoms with E-state index in [4.69, 9.17) is 4.74 Å². The SMILES string of the molecule is C1=CC(Oc2cccc(N[C@H]3CCCc4ccccc43)c2)CCC1. The molecule has 2 heteroatoms. The van der Waals surface area contributed by atoms with Gasteiger partial charge >= 0.3 is 0 Å². The highest BCUT2D eigenvalue weighted by molar-refractivity contribution is 5.51. The first-order chi connectivity index (χ1) is 11.9. The molecule has 2 aliphatic rings. The van der Waals surface area contributed by atoms with Crippen molar-refractivity contribution in [2.45, 2.75) is 50.7 Å². The van der Waals surface area contributed by atoms with Crippen molar-refractivity contribution in [3.05, 3.63) is 71.8 Å². The number of allylic oxidation sites excluding steroid dienone is 1. The van der Waals surface area contributed by atoms with Crippen LogP contribution in [0.2, 0.25) is 0 Å². The van der Waals surface area contributed by atoms with E-state index in [-0.39, 0.29) is 6.10 Å². The summed E-state index contributed by atoms with van der Waals surface area (Å²) in [5.41, 5.74) is 4.08. The summed E-state index contributed by atoms with van der Waals surface area (Å²) < 4.78 is 6.13. The molecule has 0 amide bonds. The summed E-state index contributed by atoms with van der Waals surface area (Å²) in [6, 6.07) is 17.6. The van der Waals surface area contributed by atoms with Crippen molar-refractivity contribution in [3.63, 3.8) is 0 Å². The van der Waals surface area contributed by atoms with Crippen LogP contribution in [-0.2, 0) is 6.42 Å². The third kappa shape index (κ3) is 3.48. The first-order valence-corrected chi connectivity index (χ1v) is 9.16. The van der Waals surface area contributed by atoms with E-state index in [9.17, 15) is 0 Å². The molecule has 0 saturated heterocycles. The molecule has 24 heavy (non-hydrogen) atoms. The van der Waals surface area contributed by atoms with Crippen LogP contribution in [0, 0.1) is 0 Å². The second-order valence-corrected chi connectivity index (χ2v) is 6.83. The van der Waals surface area contributed by atoms with E-state index in [0.29, 0.717) is 6.04 Å². The highest BCUT2D eigenvalue weighted by atomic mass is 16.5. The van der Waals surface area contributed by atoms with Gasteiger partial charge in [-0.3, -0.25) is 0 Å². The summed E-state index contributed by atoms with van der Waals surface area (Å²) in [5, 5.41) is 3.72. The minimum absolute atomic E-state index is 0.226. The van der Waals surface area contributed by atoms with Crippen molar-refractivity contribution >= 4 is 5.69 Å². The maximum Gasteiger partial charge on any atom is 0.122 e. The lowest BCUT2D eigenvalue weighted by atomic mass is 9.87. The summed E-state index contributed by atoms with van der Waals surface area (Å²) in [4.78, 5) is 0. The van der Waals surface area contributed by atoms with Crippen LogP contribution < -0.4 is 10.1 Å². The summed E-state index contributed by atoms with van der Waals surface area (Å²) in [6.45, 7) is 0. The van der Waals surface area contributed by atoms with E-state index in [1.165, 1.54) is 43.2 Å². The number of benzene rings is 2. The monoisotopic (exact) mass is 319 g/mol. The summed E-state index contributed by atoms with van der Waals surface area (Å²) in [5.74, 6) is 0.959. The van der Waals surface area contributed by atoms with Gasteiger partial charge in [-0.25, -0.2) is 0 Å². The first kappa shape index (κ1) is 15.3. The highest BCUT2D eigenvalue weighted by Gasteiger charge is 2.19. The van der Waals surface area contributed by atoms with Gasteiger partial charge < -0.3 is 10.1 Å². The molecule has 0 bridgehead atoms.